The van der Waals surface area contributed by atoms with Gasteiger partial charge in [-0.05, 0) is 44.2 Å². The Balaban J connectivity index is 1.51. The van der Waals surface area contributed by atoms with Crippen molar-refractivity contribution >= 4 is 5.78 Å². The van der Waals surface area contributed by atoms with E-state index in [9.17, 15) is 4.79 Å². The number of nitrogens with zero attached hydrogens (tertiary/aromatic N) is 1. The van der Waals surface area contributed by atoms with Crippen molar-refractivity contribution in [2.24, 2.45) is 5.92 Å². The highest BCUT2D eigenvalue weighted by Crippen LogP contribution is 2.29. The van der Waals surface area contributed by atoms with E-state index in [0.717, 1.165) is 32.3 Å². The smallest absolute Gasteiger partial charge is 0.163 e. The molecule has 4 nitrogen and oxygen atoms in total. The van der Waals surface area contributed by atoms with Gasteiger partial charge in [0, 0.05) is 25.7 Å². The highest BCUT2D eigenvalue weighted by atomic mass is 16.5. The molecule has 0 aromatic heterocycles. The molecule has 0 bridgehead atoms. The summed E-state index contributed by atoms with van der Waals surface area (Å²) < 4.78 is 11.4. The van der Waals surface area contributed by atoms with Crippen molar-refractivity contribution in [1.82, 2.24) is 4.90 Å². The van der Waals surface area contributed by atoms with Gasteiger partial charge in [0.15, 0.2) is 5.78 Å². The molecule has 0 spiro atoms. The van der Waals surface area contributed by atoms with Crippen LogP contribution in [0.3, 0.4) is 0 Å². The lowest BCUT2D eigenvalue weighted by Gasteiger charge is -2.25. The Morgan fingerprint density at radius 3 is 2.82 bits per heavy atom. The Labute approximate surface area is 132 Å². The largest absolute Gasteiger partial charge is 0.491 e. The number of ketones is 1. The number of carbonyl (C=O) groups excluding carboxylic acids is 1. The average Bonchev–Trinajstić information content (AvgIpc) is 3.24. The van der Waals surface area contributed by atoms with Crippen LogP contribution in [0.5, 0.6) is 5.75 Å². The van der Waals surface area contributed by atoms with Crippen molar-refractivity contribution in [1.29, 1.82) is 0 Å². The van der Waals surface area contributed by atoms with Crippen molar-refractivity contribution in [2.45, 2.75) is 32.2 Å². The van der Waals surface area contributed by atoms with Crippen LogP contribution < -0.4 is 4.74 Å². The van der Waals surface area contributed by atoms with Crippen LogP contribution in [0.15, 0.2) is 24.3 Å². The highest BCUT2D eigenvalue weighted by Gasteiger charge is 2.31. The molecule has 1 unspecified atom stereocenters. The van der Waals surface area contributed by atoms with Crippen LogP contribution in [0.1, 0.15) is 36.5 Å². The fraction of sp³-hybridized carbons (Fsp3) is 0.611. The lowest BCUT2D eigenvalue weighted by Crippen LogP contribution is -2.35. The van der Waals surface area contributed by atoms with Crippen molar-refractivity contribution in [2.75, 3.05) is 32.9 Å². The first kappa shape index (κ1) is 15.5. The molecule has 3 rings (SSSR count). The van der Waals surface area contributed by atoms with Crippen LogP contribution in [-0.4, -0.2) is 49.6 Å². The molecule has 4 heteroatoms. The van der Waals surface area contributed by atoms with Crippen LogP contribution in [-0.2, 0) is 4.74 Å². The first-order valence-corrected chi connectivity index (χ1v) is 8.28. The molecule has 1 aliphatic heterocycles. The maximum absolute atomic E-state index is 11.6. The average molecular weight is 303 g/mol. The zero-order valence-electron chi connectivity index (χ0n) is 13.3. The van der Waals surface area contributed by atoms with Crippen LogP contribution >= 0.6 is 0 Å². The van der Waals surface area contributed by atoms with Gasteiger partial charge in [-0.3, -0.25) is 9.69 Å². The van der Waals surface area contributed by atoms with Gasteiger partial charge in [-0.25, -0.2) is 0 Å². The molecule has 0 N–H and O–H groups in total. The number of hydrogen-bond acceptors (Lipinski definition) is 4. The van der Waals surface area contributed by atoms with E-state index in [4.69, 9.17) is 9.47 Å². The summed E-state index contributed by atoms with van der Waals surface area (Å²) in [6.45, 7) is 6.06. The summed E-state index contributed by atoms with van der Waals surface area (Å²) in [5, 5.41) is 0. The first-order chi connectivity index (χ1) is 10.7. The first-order valence-electron chi connectivity index (χ1n) is 8.28. The Morgan fingerprint density at radius 1 is 1.32 bits per heavy atom. The Kier molecular flexibility index (Phi) is 5.11. The number of para-hydroxylation sites is 1. The van der Waals surface area contributed by atoms with Gasteiger partial charge in [0.2, 0.25) is 0 Å². The van der Waals surface area contributed by atoms with E-state index in [1.165, 1.54) is 19.3 Å². The second kappa shape index (κ2) is 7.25. The van der Waals surface area contributed by atoms with Gasteiger partial charge in [0.25, 0.3) is 0 Å². The standard InChI is InChI=1S/C18H25NO3/c1-14(20)17-4-2-3-5-18(17)22-11-9-19(16-6-7-16)12-15-8-10-21-13-15/h2-5,15-16H,6-13H2,1H3. The quantitative estimate of drug-likeness (QED) is 0.692. The molecule has 0 amide bonds. The third-order valence-corrected chi connectivity index (χ3v) is 4.48. The van der Waals surface area contributed by atoms with E-state index >= 15 is 0 Å². The SMILES string of the molecule is CC(=O)c1ccccc1OCCN(CC1CCOC1)C1CC1. The summed E-state index contributed by atoms with van der Waals surface area (Å²) in [6, 6.07) is 8.22. The van der Waals surface area contributed by atoms with Gasteiger partial charge in [-0.2, -0.15) is 0 Å². The lowest BCUT2D eigenvalue weighted by atomic mass is 10.1. The molecular weight excluding hydrogens is 278 g/mol. The van der Waals surface area contributed by atoms with Gasteiger partial charge < -0.3 is 9.47 Å². The van der Waals surface area contributed by atoms with Crippen molar-refractivity contribution in [3.05, 3.63) is 29.8 Å². The number of ether oxygens (including phenoxy) is 2. The zero-order valence-corrected chi connectivity index (χ0v) is 13.3. The van der Waals surface area contributed by atoms with Crippen molar-refractivity contribution in [3.63, 3.8) is 0 Å². The third kappa shape index (κ3) is 4.08. The van der Waals surface area contributed by atoms with Gasteiger partial charge in [-0.1, -0.05) is 12.1 Å². The molecule has 2 aliphatic rings. The molecule has 1 aromatic rings. The molecule has 2 fully saturated rings. The van der Waals surface area contributed by atoms with Crippen molar-refractivity contribution < 1.29 is 14.3 Å². The summed E-state index contributed by atoms with van der Waals surface area (Å²) in [6.07, 6.45) is 3.78. The molecule has 22 heavy (non-hydrogen) atoms. The minimum absolute atomic E-state index is 0.0535. The van der Waals surface area contributed by atoms with Crippen molar-refractivity contribution in [3.8, 4) is 5.75 Å². The van der Waals surface area contributed by atoms with Crippen LogP contribution in [0, 0.1) is 5.92 Å². The number of benzene rings is 1. The fourth-order valence-corrected chi connectivity index (χ4v) is 3.08. The number of Topliss-reactive ketones (excluding diaryl/α,β-unsaturated/α-hetero) is 1. The van der Waals surface area contributed by atoms with E-state index in [1.54, 1.807) is 6.92 Å². The van der Waals surface area contributed by atoms with Crippen LogP contribution in [0.2, 0.25) is 0 Å². The minimum Gasteiger partial charge on any atom is -0.491 e. The normalized spacial score (nSPS) is 21.3. The topological polar surface area (TPSA) is 38.8 Å². The second-order valence-corrected chi connectivity index (χ2v) is 6.36. The summed E-state index contributed by atoms with van der Waals surface area (Å²) in [7, 11) is 0. The van der Waals surface area contributed by atoms with E-state index in [2.05, 4.69) is 4.90 Å². The second-order valence-electron chi connectivity index (χ2n) is 6.36. The lowest BCUT2D eigenvalue weighted by molar-refractivity contribution is 0.101. The number of rotatable bonds is 8. The highest BCUT2D eigenvalue weighted by molar-refractivity contribution is 5.96. The van der Waals surface area contributed by atoms with Gasteiger partial charge >= 0.3 is 0 Å². The van der Waals surface area contributed by atoms with Gasteiger partial charge in [-0.15, -0.1) is 0 Å². The molecule has 1 aliphatic carbocycles. The van der Waals surface area contributed by atoms with Gasteiger partial charge in [0.05, 0.1) is 12.2 Å². The predicted octanol–water partition coefficient (Wildman–Crippen LogP) is 2.77. The van der Waals surface area contributed by atoms with E-state index in [0.29, 0.717) is 23.8 Å². The maximum atomic E-state index is 11.6. The van der Waals surface area contributed by atoms with Gasteiger partial charge in [0.1, 0.15) is 12.4 Å². The Morgan fingerprint density at radius 2 is 2.14 bits per heavy atom. The number of hydrogen-bond donors (Lipinski definition) is 0. The third-order valence-electron chi connectivity index (χ3n) is 4.48. The zero-order chi connectivity index (χ0) is 15.4. The molecule has 1 atom stereocenters. The fourth-order valence-electron chi connectivity index (χ4n) is 3.08. The summed E-state index contributed by atoms with van der Waals surface area (Å²) >= 11 is 0. The molecule has 1 heterocycles. The molecule has 0 radical (unpaired) electrons. The number of carbonyl (C=O) groups is 1. The summed E-state index contributed by atoms with van der Waals surface area (Å²) in [5.41, 5.74) is 0.671. The maximum Gasteiger partial charge on any atom is 0.163 e. The minimum atomic E-state index is 0.0535. The van der Waals surface area contributed by atoms with Crippen LogP contribution in [0.25, 0.3) is 0 Å². The monoisotopic (exact) mass is 303 g/mol. The van der Waals surface area contributed by atoms with E-state index in [-0.39, 0.29) is 5.78 Å². The van der Waals surface area contributed by atoms with E-state index < -0.39 is 0 Å². The molecule has 1 aromatic carbocycles. The summed E-state index contributed by atoms with van der Waals surface area (Å²) in [5.74, 6) is 1.43. The van der Waals surface area contributed by atoms with E-state index in [1.807, 2.05) is 24.3 Å². The molecular formula is C18H25NO3. The Bertz CT molecular complexity index is 507. The molecule has 1 saturated heterocycles. The molecule has 1 saturated carbocycles. The van der Waals surface area contributed by atoms with Crippen LogP contribution in [0.4, 0.5) is 0 Å². The molecule has 120 valence electrons. The Hall–Kier alpha value is -1.39. The predicted molar refractivity (Wildman–Crippen MR) is 85.5 cm³/mol. The summed E-state index contributed by atoms with van der Waals surface area (Å²) in [4.78, 5) is 14.1.